The van der Waals surface area contributed by atoms with Gasteiger partial charge in [0, 0.05) is 37.6 Å². The normalized spacial score (nSPS) is 9.00. The van der Waals surface area contributed by atoms with Crippen molar-refractivity contribution in [3.8, 4) is 0 Å². The van der Waals surface area contributed by atoms with E-state index in [1.165, 1.54) is 0 Å². The Balaban J connectivity index is -0.000000111. The third kappa shape index (κ3) is 51.1. The molecule has 0 aliphatic carbocycles. The quantitative estimate of drug-likeness (QED) is 0.404. The van der Waals surface area contributed by atoms with Crippen molar-refractivity contribution in [3.05, 3.63) is 0 Å². The molecular weight excluding hydrogens is 307 g/mol. The fourth-order valence-electron chi connectivity index (χ4n) is 0.572. The molecule has 0 spiro atoms. The standard InChI is InChI=1S/2C5H8O3.C4H9O.Al/c2*1-2-4(6)3-5(7)8;1-4(2,3)5;/h2*2-3H2,1H3,(H,7,8);1-3H3;/q;;-1;+3/p-2. The SMILES string of the molecule is CC(C)(C)[O-].CCC(=O)CC(=O)[O-].CCC(=O)CC(=O)[O-].[Al+3]. The molecule has 0 aromatic heterocycles. The maximum atomic E-state index is 10.2. The van der Waals surface area contributed by atoms with Gasteiger partial charge in [0.05, 0.1) is 0 Å². The van der Waals surface area contributed by atoms with Crippen LogP contribution in [-0.4, -0.2) is 46.5 Å². The van der Waals surface area contributed by atoms with E-state index in [1.54, 1.807) is 34.6 Å². The van der Waals surface area contributed by atoms with Crippen LogP contribution < -0.4 is 15.3 Å². The molecule has 8 heteroatoms. The van der Waals surface area contributed by atoms with Crippen LogP contribution in [0.1, 0.15) is 60.3 Å². The molecular formula is C14H23AlO7. The van der Waals surface area contributed by atoms with Crippen LogP contribution in [0, 0.1) is 0 Å². The van der Waals surface area contributed by atoms with Gasteiger partial charge in [0.15, 0.2) is 0 Å². The monoisotopic (exact) mass is 330 g/mol. The summed E-state index contributed by atoms with van der Waals surface area (Å²) in [5.74, 6) is -3.16. The molecule has 124 valence electrons. The van der Waals surface area contributed by atoms with Crippen molar-refractivity contribution in [2.45, 2.75) is 65.9 Å². The van der Waals surface area contributed by atoms with Crippen LogP contribution in [0.2, 0.25) is 0 Å². The zero-order chi connectivity index (χ0) is 17.6. The summed E-state index contributed by atoms with van der Waals surface area (Å²) < 4.78 is 0. The van der Waals surface area contributed by atoms with Gasteiger partial charge in [-0.25, -0.2) is 0 Å². The summed E-state index contributed by atoms with van der Waals surface area (Å²) in [6.45, 7) is 8.13. The van der Waals surface area contributed by atoms with Crippen molar-refractivity contribution >= 4 is 40.9 Å². The molecule has 0 radical (unpaired) electrons. The van der Waals surface area contributed by atoms with Crippen molar-refractivity contribution in [1.82, 2.24) is 0 Å². The van der Waals surface area contributed by atoms with Crippen molar-refractivity contribution in [1.29, 1.82) is 0 Å². The van der Waals surface area contributed by atoms with Gasteiger partial charge in [-0.15, -0.1) is 5.60 Å². The molecule has 0 saturated heterocycles. The minimum atomic E-state index is -1.29. The van der Waals surface area contributed by atoms with Crippen LogP contribution in [0.15, 0.2) is 0 Å². The molecule has 22 heavy (non-hydrogen) atoms. The molecule has 0 N–H and O–H groups in total. The number of hydrogen-bond donors (Lipinski definition) is 0. The van der Waals surface area contributed by atoms with E-state index < -0.39 is 30.4 Å². The van der Waals surface area contributed by atoms with E-state index in [-0.39, 0.29) is 41.8 Å². The van der Waals surface area contributed by atoms with Gasteiger partial charge in [0.1, 0.15) is 11.6 Å². The molecule has 0 fully saturated rings. The van der Waals surface area contributed by atoms with Gasteiger partial charge in [-0.05, 0) is 0 Å². The topological polar surface area (TPSA) is 137 Å². The van der Waals surface area contributed by atoms with E-state index in [2.05, 4.69) is 0 Å². The van der Waals surface area contributed by atoms with Gasteiger partial charge >= 0.3 is 17.4 Å². The molecule has 7 nitrogen and oxygen atoms in total. The Bertz CT molecular complexity index is 312. The molecule has 0 aromatic carbocycles. The molecule has 0 amide bonds. The number of rotatable bonds is 6. The Kier molecular flexibility index (Phi) is 21.2. The fourth-order valence-corrected chi connectivity index (χ4v) is 0.572. The molecule has 0 bridgehead atoms. The van der Waals surface area contributed by atoms with Crippen LogP contribution >= 0.6 is 0 Å². The first-order valence-electron chi connectivity index (χ1n) is 6.46. The van der Waals surface area contributed by atoms with Crippen LogP contribution in [0.25, 0.3) is 0 Å². The molecule has 0 aromatic rings. The minimum absolute atomic E-state index is 0. The number of carbonyl (C=O) groups excluding carboxylic acids is 4. The maximum Gasteiger partial charge on any atom is 3.00 e. The van der Waals surface area contributed by atoms with Crippen LogP contribution in [0.5, 0.6) is 0 Å². The van der Waals surface area contributed by atoms with Crippen molar-refractivity contribution in [2.24, 2.45) is 0 Å². The summed E-state index contributed by atoms with van der Waals surface area (Å²) in [6, 6.07) is 0. The van der Waals surface area contributed by atoms with Crippen LogP contribution in [0.4, 0.5) is 0 Å². The molecule has 0 saturated carbocycles. The van der Waals surface area contributed by atoms with Crippen LogP contribution in [0.3, 0.4) is 0 Å². The second-order valence-electron chi connectivity index (χ2n) is 4.99. The number of carboxylic acid groups (broad SMARTS) is 2. The summed E-state index contributed by atoms with van der Waals surface area (Å²) in [7, 11) is 0. The van der Waals surface area contributed by atoms with Gasteiger partial charge in [0.25, 0.3) is 0 Å². The molecule has 0 heterocycles. The number of carboxylic acids is 2. The van der Waals surface area contributed by atoms with Gasteiger partial charge in [-0.3, -0.25) is 9.59 Å². The summed E-state index contributed by atoms with van der Waals surface area (Å²) in [6.07, 6.45) is -0.352. The summed E-state index contributed by atoms with van der Waals surface area (Å²) in [5.41, 5.74) is -0.750. The number of carbonyl (C=O) groups is 4. The predicted octanol–water partition coefficient (Wildman–Crippen LogP) is -2.02. The summed E-state index contributed by atoms with van der Waals surface area (Å²) in [4.78, 5) is 39.7. The van der Waals surface area contributed by atoms with Crippen LogP contribution in [-0.2, 0) is 19.2 Å². The largest absolute Gasteiger partial charge is 3.00 e. The zero-order valence-electron chi connectivity index (χ0n) is 13.8. The summed E-state index contributed by atoms with van der Waals surface area (Å²) in [5, 5.41) is 29.4. The van der Waals surface area contributed by atoms with Gasteiger partial charge in [0.2, 0.25) is 0 Å². The van der Waals surface area contributed by atoms with Crippen molar-refractivity contribution in [2.75, 3.05) is 0 Å². The number of Topliss-reactive ketones (excluding diaryl/α,β-unsaturated/α-hetero) is 2. The van der Waals surface area contributed by atoms with Gasteiger partial charge in [-0.2, -0.15) is 0 Å². The summed E-state index contributed by atoms with van der Waals surface area (Å²) >= 11 is 0. The number of aliphatic carboxylic acids is 2. The first-order valence-corrected chi connectivity index (χ1v) is 6.46. The van der Waals surface area contributed by atoms with Gasteiger partial charge in [-0.1, -0.05) is 34.6 Å². The van der Waals surface area contributed by atoms with E-state index in [4.69, 9.17) is 0 Å². The van der Waals surface area contributed by atoms with E-state index in [1.807, 2.05) is 0 Å². The van der Waals surface area contributed by atoms with E-state index >= 15 is 0 Å². The van der Waals surface area contributed by atoms with E-state index in [9.17, 15) is 34.5 Å². The maximum absolute atomic E-state index is 10.2. The van der Waals surface area contributed by atoms with E-state index in [0.717, 1.165) is 0 Å². The first kappa shape index (κ1) is 28.9. The molecule has 0 aliphatic rings. The van der Waals surface area contributed by atoms with Crippen molar-refractivity contribution < 1.29 is 34.5 Å². The predicted molar refractivity (Wildman–Crippen MR) is 75.4 cm³/mol. The van der Waals surface area contributed by atoms with Crippen molar-refractivity contribution in [3.63, 3.8) is 0 Å². The Morgan fingerprint density at radius 2 is 0.955 bits per heavy atom. The Labute approximate surface area is 141 Å². The Hall–Kier alpha value is -1.23. The third-order valence-electron chi connectivity index (χ3n) is 1.47. The van der Waals surface area contributed by atoms with Gasteiger partial charge < -0.3 is 24.9 Å². The average Bonchev–Trinajstić information content (AvgIpc) is 2.25. The second-order valence-corrected chi connectivity index (χ2v) is 4.99. The van der Waals surface area contributed by atoms with E-state index in [0.29, 0.717) is 0 Å². The average molecular weight is 330 g/mol. The molecule has 0 unspecified atom stereocenters. The first-order chi connectivity index (χ1) is 9.33. The smallest absolute Gasteiger partial charge is 0.850 e. The zero-order valence-corrected chi connectivity index (χ0v) is 14.9. The number of ketones is 2. The Morgan fingerprint density at radius 3 is 1.00 bits per heavy atom. The second kappa shape index (κ2) is 16.1. The third-order valence-corrected chi connectivity index (χ3v) is 1.47. The molecule has 0 aliphatic heterocycles. The fraction of sp³-hybridized carbons (Fsp3) is 0.714. The molecule has 0 rings (SSSR count). The number of hydrogen-bond acceptors (Lipinski definition) is 7. The Morgan fingerprint density at radius 1 is 0.773 bits per heavy atom. The molecule has 0 atom stereocenters. The minimum Gasteiger partial charge on any atom is -0.850 e.